The number of nitriles is 1. The van der Waals surface area contributed by atoms with Crippen LogP contribution >= 0.6 is 0 Å². The third-order valence-electron chi connectivity index (χ3n) is 3.48. The van der Waals surface area contributed by atoms with Crippen LogP contribution in [0.1, 0.15) is 39.5 Å². The lowest BCUT2D eigenvalue weighted by molar-refractivity contribution is -0.137. The largest absolute Gasteiger partial charge is 0.480 e. The second-order valence-electron chi connectivity index (χ2n) is 5.39. The summed E-state index contributed by atoms with van der Waals surface area (Å²) in [7, 11) is -3.74. The predicted octanol–water partition coefficient (Wildman–Crippen LogP) is 1.20. The molecule has 1 rings (SSSR count). The first-order chi connectivity index (χ1) is 8.72. The van der Waals surface area contributed by atoms with Gasteiger partial charge in [-0.2, -0.15) is 9.57 Å². The topological polar surface area (TPSA) is 98.5 Å². The Balaban J connectivity index is 2.95. The van der Waals surface area contributed by atoms with Gasteiger partial charge in [-0.1, -0.05) is 12.8 Å². The summed E-state index contributed by atoms with van der Waals surface area (Å²) < 4.78 is 25.6. The maximum absolute atomic E-state index is 12.3. The zero-order chi connectivity index (χ0) is 14.7. The number of carboxylic acid groups (broad SMARTS) is 1. The van der Waals surface area contributed by atoms with E-state index in [0.717, 1.165) is 17.1 Å². The van der Waals surface area contributed by atoms with Crippen molar-refractivity contribution in [3.8, 4) is 6.07 Å². The number of sulfonamides is 1. The van der Waals surface area contributed by atoms with Crippen molar-refractivity contribution >= 4 is 16.0 Å². The molecule has 0 aliphatic heterocycles. The maximum atomic E-state index is 12.3. The molecule has 7 heteroatoms. The molecule has 1 saturated carbocycles. The summed E-state index contributed by atoms with van der Waals surface area (Å²) in [5, 5.41) is 18.0. The van der Waals surface area contributed by atoms with Crippen molar-refractivity contribution in [1.82, 2.24) is 4.31 Å². The molecule has 0 radical (unpaired) electrons. The molecule has 6 nitrogen and oxygen atoms in total. The lowest BCUT2D eigenvalue weighted by Crippen LogP contribution is -2.44. The minimum Gasteiger partial charge on any atom is -0.480 e. The maximum Gasteiger partial charge on any atom is 0.318 e. The van der Waals surface area contributed by atoms with Gasteiger partial charge in [-0.3, -0.25) is 4.79 Å². The summed E-state index contributed by atoms with van der Waals surface area (Å²) in [6, 6.07) is 1.70. The van der Waals surface area contributed by atoms with Crippen molar-refractivity contribution in [2.75, 3.05) is 12.3 Å². The Morgan fingerprint density at radius 3 is 2.32 bits per heavy atom. The van der Waals surface area contributed by atoms with Crippen LogP contribution in [0.2, 0.25) is 0 Å². The number of nitrogens with zero attached hydrogens (tertiary/aromatic N) is 2. The van der Waals surface area contributed by atoms with Gasteiger partial charge in [0.25, 0.3) is 0 Å². The molecule has 1 fully saturated rings. The number of carbonyl (C=O) groups is 1. The van der Waals surface area contributed by atoms with Gasteiger partial charge >= 0.3 is 5.97 Å². The fraction of sp³-hybridized carbons (Fsp3) is 0.833. The Bertz CT molecular complexity index is 472. The van der Waals surface area contributed by atoms with Crippen molar-refractivity contribution in [3.05, 3.63) is 0 Å². The van der Waals surface area contributed by atoms with E-state index in [1.54, 1.807) is 13.8 Å². The van der Waals surface area contributed by atoms with Crippen LogP contribution < -0.4 is 0 Å². The van der Waals surface area contributed by atoms with E-state index in [2.05, 4.69) is 6.07 Å². The molecular formula is C12H20N2O4S. The molecule has 0 amide bonds. The van der Waals surface area contributed by atoms with Crippen LogP contribution in [-0.4, -0.2) is 42.1 Å². The third kappa shape index (κ3) is 3.91. The first-order valence-corrected chi connectivity index (χ1v) is 7.96. The molecule has 0 bridgehead atoms. The highest BCUT2D eigenvalue weighted by molar-refractivity contribution is 7.89. The summed E-state index contributed by atoms with van der Waals surface area (Å²) in [6.45, 7) is 2.71. The van der Waals surface area contributed by atoms with Gasteiger partial charge in [0.1, 0.15) is 6.54 Å². The van der Waals surface area contributed by atoms with Gasteiger partial charge < -0.3 is 5.11 Å². The molecule has 0 spiro atoms. The minimum absolute atomic E-state index is 0.276. The number of hydrogen-bond acceptors (Lipinski definition) is 4. The van der Waals surface area contributed by atoms with Crippen molar-refractivity contribution in [2.45, 2.75) is 45.6 Å². The van der Waals surface area contributed by atoms with Crippen LogP contribution in [0.5, 0.6) is 0 Å². The predicted molar refractivity (Wildman–Crippen MR) is 69.8 cm³/mol. The van der Waals surface area contributed by atoms with Crippen LogP contribution in [0.15, 0.2) is 0 Å². The standard InChI is InChI=1S/C12H20N2O4S/c1-10(2)14(7-11(15)16)19(17,18)9-12(8-13)5-3-4-6-12/h10H,3-7,9H2,1-2H3,(H,15,16). The fourth-order valence-electron chi connectivity index (χ4n) is 2.51. The average Bonchev–Trinajstić information content (AvgIpc) is 2.73. The molecule has 1 aliphatic rings. The van der Waals surface area contributed by atoms with Gasteiger partial charge in [-0.15, -0.1) is 0 Å². The zero-order valence-electron chi connectivity index (χ0n) is 11.3. The van der Waals surface area contributed by atoms with Gasteiger partial charge in [0.2, 0.25) is 10.0 Å². The van der Waals surface area contributed by atoms with Gasteiger partial charge in [0.05, 0.1) is 17.2 Å². The second-order valence-corrected chi connectivity index (χ2v) is 7.31. The average molecular weight is 288 g/mol. The Morgan fingerprint density at radius 1 is 1.42 bits per heavy atom. The van der Waals surface area contributed by atoms with E-state index in [0.29, 0.717) is 12.8 Å². The molecule has 0 heterocycles. The molecule has 0 aromatic rings. The fourth-order valence-corrected chi connectivity index (χ4v) is 4.67. The lowest BCUT2D eigenvalue weighted by Gasteiger charge is -2.28. The van der Waals surface area contributed by atoms with E-state index in [9.17, 15) is 18.5 Å². The van der Waals surface area contributed by atoms with Gasteiger partial charge in [0.15, 0.2) is 0 Å². The van der Waals surface area contributed by atoms with E-state index in [1.165, 1.54) is 0 Å². The SMILES string of the molecule is CC(C)N(CC(=O)O)S(=O)(=O)CC1(C#N)CCCC1. The number of aliphatic carboxylic acids is 1. The quantitative estimate of drug-likeness (QED) is 0.791. The molecule has 0 saturated heterocycles. The first kappa shape index (κ1) is 15.9. The van der Waals surface area contributed by atoms with E-state index in [4.69, 9.17) is 5.11 Å². The molecule has 0 unspecified atom stereocenters. The van der Waals surface area contributed by atoms with Gasteiger partial charge in [-0.05, 0) is 26.7 Å². The minimum atomic E-state index is -3.74. The molecule has 108 valence electrons. The molecule has 0 aromatic carbocycles. The summed E-state index contributed by atoms with van der Waals surface area (Å²) in [6.07, 6.45) is 2.84. The Hall–Kier alpha value is -1.13. The van der Waals surface area contributed by atoms with Crippen molar-refractivity contribution in [3.63, 3.8) is 0 Å². The van der Waals surface area contributed by atoms with Crippen LogP contribution in [0, 0.1) is 16.7 Å². The summed E-state index contributed by atoms with van der Waals surface area (Å²) >= 11 is 0. The number of rotatable bonds is 6. The highest BCUT2D eigenvalue weighted by atomic mass is 32.2. The number of carboxylic acids is 1. The molecule has 19 heavy (non-hydrogen) atoms. The van der Waals surface area contributed by atoms with Crippen LogP contribution in [0.3, 0.4) is 0 Å². The third-order valence-corrected chi connectivity index (χ3v) is 5.66. The van der Waals surface area contributed by atoms with Crippen LogP contribution in [-0.2, 0) is 14.8 Å². The Morgan fingerprint density at radius 2 is 1.95 bits per heavy atom. The van der Waals surface area contributed by atoms with Gasteiger partial charge in [-0.25, -0.2) is 8.42 Å². The molecule has 1 N–H and O–H groups in total. The molecule has 0 aromatic heterocycles. The van der Waals surface area contributed by atoms with E-state index < -0.39 is 34.0 Å². The van der Waals surface area contributed by atoms with Crippen molar-refractivity contribution < 1.29 is 18.3 Å². The van der Waals surface area contributed by atoms with Crippen molar-refractivity contribution in [2.24, 2.45) is 5.41 Å². The van der Waals surface area contributed by atoms with E-state index >= 15 is 0 Å². The van der Waals surface area contributed by atoms with Gasteiger partial charge in [0, 0.05) is 6.04 Å². The Kier molecular flexibility index (Phi) is 4.93. The smallest absolute Gasteiger partial charge is 0.318 e. The Labute approximate surface area is 114 Å². The highest BCUT2D eigenvalue weighted by Gasteiger charge is 2.41. The van der Waals surface area contributed by atoms with Crippen LogP contribution in [0.4, 0.5) is 0 Å². The summed E-state index contributed by atoms with van der Waals surface area (Å²) in [5.74, 6) is -1.46. The molecule has 0 atom stereocenters. The zero-order valence-corrected chi connectivity index (χ0v) is 12.1. The van der Waals surface area contributed by atoms with E-state index in [1.807, 2.05) is 0 Å². The molecule has 1 aliphatic carbocycles. The lowest BCUT2D eigenvalue weighted by atomic mass is 9.91. The second kappa shape index (κ2) is 5.88. The summed E-state index contributed by atoms with van der Waals surface area (Å²) in [4.78, 5) is 10.8. The number of hydrogen-bond donors (Lipinski definition) is 1. The monoisotopic (exact) mass is 288 g/mol. The normalized spacial score (nSPS) is 18.7. The van der Waals surface area contributed by atoms with Crippen LogP contribution in [0.25, 0.3) is 0 Å². The summed E-state index contributed by atoms with van der Waals surface area (Å²) in [5.41, 5.74) is -0.843. The van der Waals surface area contributed by atoms with E-state index in [-0.39, 0.29) is 5.75 Å². The molecular weight excluding hydrogens is 268 g/mol. The van der Waals surface area contributed by atoms with Crippen molar-refractivity contribution in [1.29, 1.82) is 5.26 Å². The first-order valence-electron chi connectivity index (χ1n) is 6.35. The highest BCUT2D eigenvalue weighted by Crippen LogP contribution is 2.39.